The molecular formula is C29H34N4O4S2. The second-order valence-electron chi connectivity index (χ2n) is 9.04. The number of nitrogens with zero attached hydrogens (tertiary/aromatic N) is 1. The Morgan fingerprint density at radius 2 is 1.74 bits per heavy atom. The molecule has 0 fully saturated rings. The summed E-state index contributed by atoms with van der Waals surface area (Å²) >= 11 is 5.19. The Morgan fingerprint density at radius 1 is 1.03 bits per heavy atom. The largest absolute Gasteiger partial charge is 0.415 e. The first-order chi connectivity index (χ1) is 18.6. The van der Waals surface area contributed by atoms with Crippen molar-refractivity contribution >= 4 is 39.2 Å². The highest BCUT2D eigenvalue weighted by Crippen LogP contribution is 2.28. The predicted octanol–water partition coefficient (Wildman–Crippen LogP) is 5.84. The minimum Gasteiger partial charge on any atom is -0.410 e. The Bertz CT molecular complexity index is 1420. The molecule has 206 valence electrons. The van der Waals surface area contributed by atoms with Gasteiger partial charge in [0, 0.05) is 24.2 Å². The van der Waals surface area contributed by atoms with Crippen LogP contribution >= 0.6 is 12.2 Å². The molecule has 0 saturated heterocycles. The third kappa shape index (κ3) is 8.71. The van der Waals surface area contributed by atoms with Crippen LogP contribution in [0.3, 0.4) is 0 Å². The quantitative estimate of drug-likeness (QED) is 0.116. The van der Waals surface area contributed by atoms with Crippen molar-refractivity contribution in [1.82, 2.24) is 10.2 Å². The highest BCUT2D eigenvalue weighted by atomic mass is 32.2. The molecule has 0 aliphatic heterocycles. The van der Waals surface area contributed by atoms with Crippen molar-refractivity contribution in [2.45, 2.75) is 51.0 Å². The van der Waals surface area contributed by atoms with E-state index in [-0.39, 0.29) is 10.7 Å². The average molecular weight is 567 g/mol. The van der Waals surface area contributed by atoms with Crippen LogP contribution in [0.5, 0.6) is 5.75 Å². The summed E-state index contributed by atoms with van der Waals surface area (Å²) in [5, 5.41) is 16.6. The summed E-state index contributed by atoms with van der Waals surface area (Å²) in [4.78, 5) is 15.5. The SMILES string of the molecule is CCCCCN(Cc1cccc(C(=N)NC(=S)CC)c1)C(=O)Oc1ccc(-c2ccccc2S(N)(=O)=O)cc1. The lowest BCUT2D eigenvalue weighted by Crippen LogP contribution is -2.34. The van der Waals surface area contributed by atoms with Crippen LogP contribution in [0.2, 0.25) is 0 Å². The molecule has 0 saturated carbocycles. The van der Waals surface area contributed by atoms with Crippen LogP contribution < -0.4 is 15.2 Å². The monoisotopic (exact) mass is 566 g/mol. The first kappa shape index (κ1) is 29.9. The van der Waals surface area contributed by atoms with Gasteiger partial charge in [-0.25, -0.2) is 18.4 Å². The number of carbonyl (C=O) groups excluding carboxylic acids is 1. The summed E-state index contributed by atoms with van der Waals surface area (Å²) in [7, 11) is -3.89. The summed E-state index contributed by atoms with van der Waals surface area (Å²) in [6, 6.07) is 20.6. The maximum Gasteiger partial charge on any atom is 0.415 e. The number of unbranched alkanes of at least 4 members (excludes halogenated alkanes) is 2. The summed E-state index contributed by atoms with van der Waals surface area (Å²) in [5.41, 5.74) is 2.65. The first-order valence-corrected chi connectivity index (χ1v) is 14.7. The minimum absolute atomic E-state index is 0.0267. The van der Waals surface area contributed by atoms with Gasteiger partial charge >= 0.3 is 6.09 Å². The molecule has 3 rings (SSSR count). The molecule has 0 aliphatic rings. The van der Waals surface area contributed by atoms with Crippen molar-refractivity contribution in [1.29, 1.82) is 5.41 Å². The highest BCUT2D eigenvalue weighted by Gasteiger charge is 2.18. The van der Waals surface area contributed by atoms with Crippen LogP contribution in [0.1, 0.15) is 50.7 Å². The number of rotatable bonds is 11. The summed E-state index contributed by atoms with van der Waals surface area (Å²) in [6.07, 6.45) is 2.98. The molecular weight excluding hydrogens is 532 g/mol. The van der Waals surface area contributed by atoms with Gasteiger partial charge in [0.25, 0.3) is 0 Å². The molecule has 8 nitrogen and oxygen atoms in total. The molecule has 3 aromatic carbocycles. The molecule has 0 heterocycles. The molecule has 0 atom stereocenters. The Hall–Kier alpha value is -3.60. The van der Waals surface area contributed by atoms with Gasteiger partial charge in [0.1, 0.15) is 11.6 Å². The molecule has 0 bridgehead atoms. The first-order valence-electron chi connectivity index (χ1n) is 12.8. The van der Waals surface area contributed by atoms with Crippen molar-refractivity contribution in [2.75, 3.05) is 6.54 Å². The van der Waals surface area contributed by atoms with Gasteiger partial charge in [-0.1, -0.05) is 87.4 Å². The van der Waals surface area contributed by atoms with Crippen molar-refractivity contribution < 1.29 is 17.9 Å². The average Bonchev–Trinajstić information content (AvgIpc) is 2.92. The number of sulfonamides is 1. The topological polar surface area (TPSA) is 126 Å². The van der Waals surface area contributed by atoms with E-state index >= 15 is 0 Å². The Kier molecular flexibility index (Phi) is 10.7. The zero-order valence-corrected chi connectivity index (χ0v) is 23.8. The van der Waals surface area contributed by atoms with Crippen molar-refractivity contribution in [3.63, 3.8) is 0 Å². The van der Waals surface area contributed by atoms with Gasteiger partial charge in [-0.3, -0.25) is 5.41 Å². The molecule has 0 aliphatic carbocycles. The molecule has 10 heteroatoms. The second kappa shape index (κ2) is 14.0. The second-order valence-corrected chi connectivity index (χ2v) is 11.1. The van der Waals surface area contributed by atoms with Gasteiger partial charge in [-0.2, -0.15) is 0 Å². The van der Waals surface area contributed by atoms with Gasteiger partial charge in [0.2, 0.25) is 10.0 Å². The third-order valence-electron chi connectivity index (χ3n) is 6.03. The van der Waals surface area contributed by atoms with Crippen LogP contribution in [0.4, 0.5) is 4.79 Å². The molecule has 1 amide bonds. The van der Waals surface area contributed by atoms with E-state index in [1.54, 1.807) is 47.4 Å². The summed E-state index contributed by atoms with van der Waals surface area (Å²) in [5.74, 6) is 0.554. The number of benzene rings is 3. The maximum absolute atomic E-state index is 13.2. The van der Waals surface area contributed by atoms with Crippen LogP contribution in [0.15, 0.2) is 77.7 Å². The number of amidine groups is 1. The van der Waals surface area contributed by atoms with E-state index in [1.807, 2.05) is 31.2 Å². The van der Waals surface area contributed by atoms with E-state index in [0.29, 0.717) is 46.9 Å². The lowest BCUT2D eigenvalue weighted by Gasteiger charge is -2.22. The fourth-order valence-corrected chi connectivity index (χ4v) is 4.82. The van der Waals surface area contributed by atoms with Crippen LogP contribution in [0.25, 0.3) is 11.1 Å². The summed E-state index contributed by atoms with van der Waals surface area (Å²) in [6.45, 7) is 4.87. The van der Waals surface area contributed by atoms with Gasteiger partial charge in [0.15, 0.2) is 0 Å². The molecule has 0 unspecified atom stereocenters. The van der Waals surface area contributed by atoms with Crippen LogP contribution in [-0.2, 0) is 16.6 Å². The highest BCUT2D eigenvalue weighted by molar-refractivity contribution is 7.89. The van der Waals surface area contributed by atoms with Gasteiger partial charge in [-0.05, 0) is 48.2 Å². The third-order valence-corrected chi connectivity index (χ3v) is 7.39. The minimum atomic E-state index is -3.89. The normalized spacial score (nSPS) is 11.1. The van der Waals surface area contributed by atoms with E-state index in [4.69, 9.17) is 27.5 Å². The lowest BCUT2D eigenvalue weighted by atomic mass is 10.1. The van der Waals surface area contributed by atoms with Crippen molar-refractivity contribution in [3.05, 3.63) is 83.9 Å². The zero-order valence-electron chi connectivity index (χ0n) is 22.1. The lowest BCUT2D eigenvalue weighted by molar-refractivity contribution is 0.148. The Labute approximate surface area is 235 Å². The van der Waals surface area contributed by atoms with Gasteiger partial charge in [0.05, 0.1) is 9.88 Å². The van der Waals surface area contributed by atoms with Gasteiger partial charge in [-0.15, -0.1) is 0 Å². The van der Waals surface area contributed by atoms with Crippen LogP contribution in [-0.4, -0.2) is 36.8 Å². The molecule has 0 spiro atoms. The molecule has 0 aromatic heterocycles. The number of carbonyl (C=O) groups is 1. The number of hydrogen-bond donors (Lipinski definition) is 3. The number of hydrogen-bond acceptors (Lipinski definition) is 6. The number of ether oxygens (including phenoxy) is 1. The molecule has 4 N–H and O–H groups in total. The predicted molar refractivity (Wildman–Crippen MR) is 159 cm³/mol. The van der Waals surface area contributed by atoms with Gasteiger partial charge < -0.3 is 15.0 Å². The maximum atomic E-state index is 13.2. The van der Waals surface area contributed by atoms with Crippen molar-refractivity contribution in [3.8, 4) is 16.9 Å². The smallest absolute Gasteiger partial charge is 0.410 e. The zero-order chi connectivity index (χ0) is 28.4. The van der Waals surface area contributed by atoms with E-state index < -0.39 is 16.1 Å². The standard InChI is InChI=1S/C29H34N4O4S2/c1-3-5-8-18-33(20-21-10-9-11-23(19-21)28(30)32-27(38)4-2)29(34)37-24-16-14-22(15-17-24)25-12-6-7-13-26(25)39(31,35)36/h6-7,9-17,19H,3-5,8,18,20H2,1-2H3,(H2,30,32,38)(H2,31,35,36). The number of thiocarbonyl (C=S) groups is 1. The number of nitrogens with one attached hydrogen (secondary N) is 2. The molecule has 0 radical (unpaired) electrons. The van der Waals surface area contributed by atoms with E-state index in [9.17, 15) is 13.2 Å². The van der Waals surface area contributed by atoms with E-state index in [2.05, 4.69) is 12.2 Å². The van der Waals surface area contributed by atoms with Crippen LogP contribution in [0, 0.1) is 5.41 Å². The fraction of sp³-hybridized carbons (Fsp3) is 0.276. The number of amides is 1. The van der Waals surface area contributed by atoms with E-state index in [1.165, 1.54) is 6.07 Å². The summed E-state index contributed by atoms with van der Waals surface area (Å²) < 4.78 is 29.6. The van der Waals surface area contributed by atoms with E-state index in [0.717, 1.165) is 24.8 Å². The Morgan fingerprint density at radius 3 is 2.41 bits per heavy atom. The number of nitrogens with two attached hydrogens (primary N) is 1. The van der Waals surface area contributed by atoms with Crippen molar-refractivity contribution in [2.24, 2.45) is 5.14 Å². The molecule has 39 heavy (non-hydrogen) atoms. The fourth-order valence-electron chi connectivity index (χ4n) is 3.95. The molecule has 3 aromatic rings. The number of primary sulfonamides is 1. The Balaban J connectivity index is 1.76.